The number of allylic oxidation sites excluding steroid dienone is 17. The Hall–Kier alpha value is -9.40. The van der Waals surface area contributed by atoms with Crippen LogP contribution in [0.3, 0.4) is 0 Å². The zero-order chi connectivity index (χ0) is 68.6. The number of hydrogen-bond acceptors (Lipinski definition) is 1. The minimum absolute atomic E-state index is 0.109. The van der Waals surface area contributed by atoms with E-state index >= 15 is 0 Å². The predicted molar refractivity (Wildman–Crippen MR) is 417 cm³/mol. The molecule has 1 atom stereocenters. The van der Waals surface area contributed by atoms with Crippen molar-refractivity contribution in [1.29, 1.82) is 0 Å². The van der Waals surface area contributed by atoms with Gasteiger partial charge in [-0.1, -0.05) is 288 Å². The highest BCUT2D eigenvalue weighted by Gasteiger charge is 2.21. The van der Waals surface area contributed by atoms with Gasteiger partial charge in [-0.3, -0.25) is 0 Å². The van der Waals surface area contributed by atoms with E-state index in [2.05, 4.69) is 328 Å². The molecule has 7 aromatic carbocycles. The fourth-order valence-electron chi connectivity index (χ4n) is 11.3. The topological polar surface area (TPSA) is 20.2 Å². The van der Waals surface area contributed by atoms with Crippen LogP contribution in [0.2, 0.25) is 0 Å². The Morgan fingerprint density at radius 2 is 1.17 bits per heavy atom. The fourth-order valence-corrected chi connectivity index (χ4v) is 11.3. The summed E-state index contributed by atoms with van der Waals surface area (Å²) < 4.78 is 0. The molecule has 1 heteroatoms. The third-order valence-corrected chi connectivity index (χ3v) is 16.6. The van der Waals surface area contributed by atoms with E-state index in [0.29, 0.717) is 5.92 Å². The molecule has 0 aromatic heterocycles. The molecule has 0 saturated heterocycles. The second-order valence-electron chi connectivity index (χ2n) is 23.8. The summed E-state index contributed by atoms with van der Waals surface area (Å²) in [5.41, 5.74) is 26.6. The van der Waals surface area contributed by atoms with Crippen LogP contribution in [0.15, 0.2) is 274 Å². The summed E-state index contributed by atoms with van der Waals surface area (Å²) in [7, 11) is 0. The smallest absolute Gasteiger partial charge is 0.108 e. The third kappa shape index (κ3) is 25.0. The van der Waals surface area contributed by atoms with Crippen molar-refractivity contribution in [3.8, 4) is 70.2 Å². The molecule has 1 aliphatic rings. The number of benzene rings is 7. The molecule has 482 valence electrons. The maximum atomic E-state index is 8.27. The number of aliphatic hydroxyl groups is 1. The standard InChI is InChI=1S/C48H48.C27H36.C8H12.C5H8O.2C2H2/c1-7-15-33(4)42-30-43(39-22-12-21-38(28-39)37-20-11-19-36(9-3)27-37)32-44(31-42)40-23-13-24-41(29-40)45-25-14-26-47(46(45)16-8-2)48-34(5)17-10-18-35(48)6;1-6-14-24-18-11-12-20-26(24)23(7-2)17-10-9-15-22-16-13-19-25(21-22)27(4,5)8-3;1-3-5-7-8-6-4-2;1-3-4-5(2)6;2*1-2/h7,10-15,17,19-32,35H,4,8-9,16,18H2,1-3,5-6H3;9-13,16-21H,6-8,14-15H2,1-5H3;3-5,7H,1-2,6,8H2;3-4,6H,2H2,1H3;2*1-2H/b15-7-;10-9-,23-17+;7-5-;4-3-;;. The minimum atomic E-state index is 0.109. The lowest BCUT2D eigenvalue weighted by Crippen LogP contribution is -2.15. The molecule has 0 radical (unpaired) electrons. The van der Waals surface area contributed by atoms with Crippen molar-refractivity contribution in [1.82, 2.24) is 0 Å². The van der Waals surface area contributed by atoms with Crippen LogP contribution in [-0.2, 0) is 31.1 Å². The second-order valence-corrected chi connectivity index (χ2v) is 23.8. The van der Waals surface area contributed by atoms with Crippen LogP contribution in [0.1, 0.15) is 166 Å². The number of unbranched alkanes of at least 4 members (excludes halogenated alkanes) is 1. The van der Waals surface area contributed by atoms with E-state index in [9.17, 15) is 0 Å². The van der Waals surface area contributed by atoms with Gasteiger partial charge in [0.05, 0.1) is 0 Å². The number of hydrogen-bond donors (Lipinski definition) is 1. The van der Waals surface area contributed by atoms with Crippen LogP contribution in [0, 0.1) is 31.6 Å². The predicted octanol–water partition coefficient (Wildman–Crippen LogP) is 26.6. The van der Waals surface area contributed by atoms with E-state index in [-0.39, 0.29) is 11.2 Å². The number of aryl methyl sites for hydroxylation is 2. The molecule has 0 saturated carbocycles. The molecule has 8 rings (SSSR count). The van der Waals surface area contributed by atoms with Gasteiger partial charge in [0.25, 0.3) is 0 Å². The monoisotopic (exact) mass is 1230 g/mol. The van der Waals surface area contributed by atoms with E-state index in [1.165, 1.54) is 113 Å². The molecule has 1 N–H and O–H groups in total. The summed E-state index contributed by atoms with van der Waals surface area (Å²) in [6.07, 6.45) is 54.6. The van der Waals surface area contributed by atoms with Gasteiger partial charge >= 0.3 is 0 Å². The van der Waals surface area contributed by atoms with Crippen molar-refractivity contribution in [2.45, 2.75) is 152 Å². The van der Waals surface area contributed by atoms with Gasteiger partial charge in [0.2, 0.25) is 0 Å². The summed E-state index contributed by atoms with van der Waals surface area (Å²) in [6, 6.07) is 58.8. The molecule has 1 aliphatic carbocycles. The Morgan fingerprint density at radius 3 is 1.75 bits per heavy atom. The van der Waals surface area contributed by atoms with Crippen molar-refractivity contribution in [3.05, 3.63) is 319 Å². The first-order chi connectivity index (χ1) is 45.1. The Morgan fingerprint density at radius 1 is 0.602 bits per heavy atom. The molecule has 0 amide bonds. The summed E-state index contributed by atoms with van der Waals surface area (Å²) in [5.74, 6) is 0.630. The second kappa shape index (κ2) is 43.4. The highest BCUT2D eigenvalue weighted by Crippen LogP contribution is 2.41. The first kappa shape index (κ1) is 77.8. The van der Waals surface area contributed by atoms with E-state index in [1.54, 1.807) is 12.2 Å². The summed E-state index contributed by atoms with van der Waals surface area (Å²) in [5, 5.41) is 8.27. The first-order valence-electron chi connectivity index (χ1n) is 33.5. The average Bonchev–Trinajstić information content (AvgIpc) is 0.866. The fraction of sp³-hybridized carbons (Fsp3) is 0.261. The molecular formula is C92H108O. The Kier molecular flexibility index (Phi) is 36.3. The van der Waals surface area contributed by atoms with Crippen LogP contribution in [0.5, 0.6) is 0 Å². The highest BCUT2D eigenvalue weighted by molar-refractivity contribution is 5.86. The summed E-state index contributed by atoms with van der Waals surface area (Å²) in [4.78, 5) is 0. The molecule has 0 fully saturated rings. The van der Waals surface area contributed by atoms with Gasteiger partial charge in [-0.2, -0.15) is 0 Å². The van der Waals surface area contributed by atoms with Gasteiger partial charge < -0.3 is 5.11 Å². The maximum absolute atomic E-state index is 8.27. The van der Waals surface area contributed by atoms with Gasteiger partial charge in [-0.15, -0.1) is 32.3 Å². The van der Waals surface area contributed by atoms with Gasteiger partial charge in [0.1, 0.15) is 5.76 Å². The maximum Gasteiger partial charge on any atom is 0.108 e. The van der Waals surface area contributed by atoms with Crippen LogP contribution >= 0.6 is 0 Å². The molecule has 1 nitrogen and oxygen atoms in total. The molecule has 0 heterocycles. The lowest BCUT2D eigenvalue weighted by atomic mass is 9.80. The first-order valence-corrected chi connectivity index (χ1v) is 33.5. The number of rotatable bonds is 24. The van der Waals surface area contributed by atoms with Crippen molar-refractivity contribution < 1.29 is 5.11 Å². The molecule has 93 heavy (non-hydrogen) atoms. The van der Waals surface area contributed by atoms with Crippen LogP contribution < -0.4 is 0 Å². The quantitative estimate of drug-likeness (QED) is 0.0210. The van der Waals surface area contributed by atoms with Gasteiger partial charge in [-0.05, 0) is 238 Å². The number of aliphatic hydroxyl groups excluding tert-OH is 1. The SMILES string of the molecule is C#C.C#C.C=C(/C=C\C)c1cc(-c2cccc(-c3cccc(CC)c3)c2)cc(-c2cccc(-c3cccc(C4=C(C)C=CCC4C)c3CCC)c2)c1.C=C(O)/C=C\C.C=C/C=C\CCC=C.CCCc1ccccc1/C(=C/C=C\Cc1cccc(C(C)(C)CC)c1)CC. The lowest BCUT2D eigenvalue weighted by Gasteiger charge is -2.25. The summed E-state index contributed by atoms with van der Waals surface area (Å²) >= 11 is 0. The molecular weight excluding hydrogens is 1120 g/mol. The van der Waals surface area contributed by atoms with E-state index in [0.717, 1.165) is 75.3 Å². The Bertz CT molecular complexity index is 3740. The van der Waals surface area contributed by atoms with Crippen LogP contribution in [0.25, 0.3) is 61.2 Å². The van der Waals surface area contributed by atoms with Crippen LogP contribution in [0.4, 0.5) is 0 Å². The van der Waals surface area contributed by atoms with E-state index in [4.69, 9.17) is 5.11 Å². The van der Waals surface area contributed by atoms with Crippen molar-refractivity contribution in [3.63, 3.8) is 0 Å². The Balaban J connectivity index is 0.000000419. The highest BCUT2D eigenvalue weighted by atomic mass is 16.3. The van der Waals surface area contributed by atoms with Crippen molar-refractivity contribution in [2.24, 2.45) is 5.92 Å². The Labute approximate surface area is 565 Å². The lowest BCUT2D eigenvalue weighted by molar-refractivity contribution is 0.435. The molecule has 0 aliphatic heterocycles. The number of terminal acetylenes is 2. The molecule has 0 bridgehead atoms. The minimum Gasteiger partial charge on any atom is -0.509 e. The summed E-state index contributed by atoms with van der Waals surface area (Å²) in [6.45, 7) is 39.2. The third-order valence-electron chi connectivity index (χ3n) is 16.6. The van der Waals surface area contributed by atoms with Crippen molar-refractivity contribution >= 4 is 16.7 Å². The van der Waals surface area contributed by atoms with Gasteiger partial charge in [0.15, 0.2) is 0 Å². The van der Waals surface area contributed by atoms with Crippen molar-refractivity contribution in [2.75, 3.05) is 0 Å². The molecule has 0 spiro atoms. The van der Waals surface area contributed by atoms with Gasteiger partial charge in [-0.25, -0.2) is 0 Å². The zero-order valence-electron chi connectivity index (χ0n) is 58.5. The molecule has 7 aromatic rings. The largest absolute Gasteiger partial charge is 0.509 e. The zero-order valence-corrected chi connectivity index (χ0v) is 58.5. The normalized spacial score (nSPS) is 12.7. The van der Waals surface area contributed by atoms with Crippen LogP contribution in [-0.4, -0.2) is 5.11 Å². The van der Waals surface area contributed by atoms with E-state index in [1.807, 2.05) is 19.1 Å². The van der Waals surface area contributed by atoms with Gasteiger partial charge in [0, 0.05) is 0 Å². The molecule has 1 unspecified atom stereocenters. The average molecular weight is 1230 g/mol. The van der Waals surface area contributed by atoms with E-state index < -0.39 is 0 Å².